The van der Waals surface area contributed by atoms with Crippen molar-refractivity contribution in [3.63, 3.8) is 0 Å². The number of aryl methyl sites for hydroxylation is 1. The van der Waals surface area contributed by atoms with Gasteiger partial charge in [0.25, 0.3) is 0 Å². The van der Waals surface area contributed by atoms with Gasteiger partial charge in [0.15, 0.2) is 0 Å². The summed E-state index contributed by atoms with van der Waals surface area (Å²) in [5, 5.41) is 13.2. The van der Waals surface area contributed by atoms with Crippen LogP contribution in [-0.4, -0.2) is 47.8 Å². The first kappa shape index (κ1) is 12.9. The number of nitrogens with zero attached hydrogens (tertiary/aromatic N) is 2. The topological polar surface area (TPSA) is 48.4 Å². The number of hydrogen-bond acceptors (Lipinski definition) is 4. The molecule has 0 radical (unpaired) electrons. The van der Waals surface area contributed by atoms with E-state index in [2.05, 4.69) is 10.3 Å². The molecule has 4 nitrogen and oxygen atoms in total. The molecule has 1 aromatic rings. The highest BCUT2D eigenvalue weighted by Crippen LogP contribution is 2.08. The van der Waals surface area contributed by atoms with Crippen LogP contribution in [0.5, 0.6) is 0 Å². The van der Waals surface area contributed by atoms with E-state index in [1.807, 2.05) is 51.2 Å². The monoisotopic (exact) mass is 223 g/mol. The summed E-state index contributed by atoms with van der Waals surface area (Å²) in [6, 6.07) is 3.91. The zero-order valence-electron chi connectivity index (χ0n) is 10.5. The highest BCUT2D eigenvalue weighted by molar-refractivity contribution is 5.35. The van der Waals surface area contributed by atoms with E-state index in [1.54, 1.807) is 0 Å². The number of aliphatic hydroxyl groups is 1. The van der Waals surface area contributed by atoms with Gasteiger partial charge in [-0.1, -0.05) is 6.07 Å². The van der Waals surface area contributed by atoms with Crippen LogP contribution in [0.1, 0.15) is 12.5 Å². The molecule has 0 saturated carbocycles. The van der Waals surface area contributed by atoms with Crippen molar-refractivity contribution in [3.8, 4) is 0 Å². The van der Waals surface area contributed by atoms with Crippen molar-refractivity contribution >= 4 is 5.82 Å². The molecule has 2 N–H and O–H groups in total. The fraction of sp³-hybridized carbons (Fsp3) is 0.583. The first-order valence-corrected chi connectivity index (χ1v) is 5.43. The Morgan fingerprint density at radius 3 is 2.62 bits per heavy atom. The molecule has 1 unspecified atom stereocenters. The predicted octanol–water partition coefficient (Wildman–Crippen LogP) is 1.11. The molecule has 0 amide bonds. The van der Waals surface area contributed by atoms with E-state index < -0.39 is 5.60 Å². The molecule has 16 heavy (non-hydrogen) atoms. The van der Waals surface area contributed by atoms with Crippen LogP contribution < -0.4 is 5.32 Å². The number of rotatable bonds is 5. The third-order valence-electron chi connectivity index (χ3n) is 2.22. The number of aromatic nitrogens is 1. The molecule has 1 rings (SSSR count). The molecular formula is C12H21N3O. The van der Waals surface area contributed by atoms with Crippen LogP contribution in [0.3, 0.4) is 0 Å². The molecule has 0 aromatic carbocycles. The van der Waals surface area contributed by atoms with Crippen LogP contribution in [0, 0.1) is 6.92 Å². The van der Waals surface area contributed by atoms with E-state index in [0.29, 0.717) is 13.1 Å². The fourth-order valence-electron chi connectivity index (χ4n) is 1.59. The second-order valence-corrected chi connectivity index (χ2v) is 4.81. The summed E-state index contributed by atoms with van der Waals surface area (Å²) in [5.41, 5.74) is 0.376. The van der Waals surface area contributed by atoms with Gasteiger partial charge < -0.3 is 15.3 Å². The summed E-state index contributed by atoms with van der Waals surface area (Å²) in [6.45, 7) is 4.92. The molecule has 0 aliphatic heterocycles. The smallest absolute Gasteiger partial charge is 0.125 e. The van der Waals surface area contributed by atoms with Crippen LogP contribution in [-0.2, 0) is 0 Å². The number of hydrogen-bond donors (Lipinski definition) is 2. The summed E-state index contributed by atoms with van der Waals surface area (Å²) in [4.78, 5) is 6.19. The highest BCUT2D eigenvalue weighted by atomic mass is 16.3. The molecule has 90 valence electrons. The Balaban J connectivity index is 2.47. The first-order valence-electron chi connectivity index (χ1n) is 5.43. The lowest BCUT2D eigenvalue weighted by atomic mass is 10.1. The minimum Gasteiger partial charge on any atom is -0.387 e. The van der Waals surface area contributed by atoms with Crippen LogP contribution >= 0.6 is 0 Å². The Bertz CT molecular complexity index is 320. The molecule has 4 heteroatoms. The summed E-state index contributed by atoms with van der Waals surface area (Å²) in [7, 11) is 3.89. The molecule has 0 spiro atoms. The minimum atomic E-state index is -0.754. The number of likely N-dealkylation sites (N-methyl/N-ethyl adjacent to an activating group) is 1. The van der Waals surface area contributed by atoms with Crippen molar-refractivity contribution in [1.29, 1.82) is 0 Å². The maximum atomic E-state index is 10.1. The van der Waals surface area contributed by atoms with Crippen LogP contribution in [0.4, 0.5) is 5.82 Å². The predicted molar refractivity (Wildman–Crippen MR) is 66.6 cm³/mol. The largest absolute Gasteiger partial charge is 0.387 e. The van der Waals surface area contributed by atoms with Crippen molar-refractivity contribution in [1.82, 2.24) is 9.88 Å². The van der Waals surface area contributed by atoms with E-state index in [9.17, 15) is 5.11 Å². The normalized spacial score (nSPS) is 14.9. The quantitative estimate of drug-likeness (QED) is 0.785. The summed E-state index contributed by atoms with van der Waals surface area (Å²) in [6.07, 6.45) is 1.81. The molecular weight excluding hydrogens is 202 g/mol. The fourth-order valence-corrected chi connectivity index (χ4v) is 1.59. The van der Waals surface area contributed by atoms with Gasteiger partial charge in [0.05, 0.1) is 5.60 Å². The first-order chi connectivity index (χ1) is 7.39. The maximum absolute atomic E-state index is 10.1. The zero-order valence-corrected chi connectivity index (χ0v) is 10.5. The zero-order chi connectivity index (χ0) is 12.2. The lowest BCUT2D eigenvalue weighted by Crippen LogP contribution is -2.43. The van der Waals surface area contributed by atoms with Gasteiger partial charge in [-0.15, -0.1) is 0 Å². The van der Waals surface area contributed by atoms with E-state index in [1.165, 1.54) is 0 Å². The standard InChI is InChI=1S/C12H21N3O/c1-10-5-6-11(13-7-10)14-8-12(2,16)9-15(3)4/h5-7,16H,8-9H2,1-4H3,(H,13,14). The van der Waals surface area contributed by atoms with Crippen molar-refractivity contribution in [2.75, 3.05) is 32.5 Å². The van der Waals surface area contributed by atoms with E-state index in [4.69, 9.17) is 0 Å². The van der Waals surface area contributed by atoms with E-state index in [0.717, 1.165) is 11.4 Å². The second kappa shape index (κ2) is 5.27. The van der Waals surface area contributed by atoms with Crippen molar-refractivity contribution in [2.24, 2.45) is 0 Å². The van der Waals surface area contributed by atoms with Crippen molar-refractivity contribution in [2.45, 2.75) is 19.4 Å². The van der Waals surface area contributed by atoms with Gasteiger partial charge in [-0.25, -0.2) is 4.98 Å². The van der Waals surface area contributed by atoms with Gasteiger partial charge in [-0.2, -0.15) is 0 Å². The Morgan fingerprint density at radius 1 is 1.44 bits per heavy atom. The third-order valence-corrected chi connectivity index (χ3v) is 2.22. The Labute approximate surface area is 97.3 Å². The van der Waals surface area contributed by atoms with Gasteiger partial charge >= 0.3 is 0 Å². The Kier molecular flexibility index (Phi) is 4.26. The molecule has 1 aromatic heterocycles. The number of nitrogens with one attached hydrogen (secondary N) is 1. The lowest BCUT2D eigenvalue weighted by Gasteiger charge is -2.27. The second-order valence-electron chi connectivity index (χ2n) is 4.81. The van der Waals surface area contributed by atoms with E-state index in [-0.39, 0.29) is 0 Å². The molecule has 0 fully saturated rings. The molecule has 0 aliphatic rings. The Hall–Kier alpha value is -1.13. The van der Waals surface area contributed by atoms with Gasteiger partial charge in [-0.05, 0) is 39.6 Å². The summed E-state index contributed by atoms with van der Waals surface area (Å²) < 4.78 is 0. The van der Waals surface area contributed by atoms with E-state index >= 15 is 0 Å². The molecule has 1 atom stereocenters. The van der Waals surface area contributed by atoms with Crippen molar-refractivity contribution < 1.29 is 5.11 Å². The minimum absolute atomic E-state index is 0.487. The van der Waals surface area contributed by atoms with Crippen LogP contribution in [0.15, 0.2) is 18.3 Å². The molecule has 0 aliphatic carbocycles. The van der Waals surface area contributed by atoms with Crippen LogP contribution in [0.2, 0.25) is 0 Å². The molecule has 1 heterocycles. The highest BCUT2D eigenvalue weighted by Gasteiger charge is 2.20. The molecule has 0 bridgehead atoms. The SMILES string of the molecule is Cc1ccc(NCC(C)(O)CN(C)C)nc1. The summed E-state index contributed by atoms with van der Waals surface area (Å²) in [5.74, 6) is 0.796. The number of anilines is 1. The van der Waals surface area contributed by atoms with Gasteiger partial charge in [0.2, 0.25) is 0 Å². The van der Waals surface area contributed by atoms with Crippen LogP contribution in [0.25, 0.3) is 0 Å². The van der Waals surface area contributed by atoms with Gasteiger partial charge in [-0.3, -0.25) is 0 Å². The Morgan fingerprint density at radius 2 is 2.12 bits per heavy atom. The average Bonchev–Trinajstić information content (AvgIpc) is 2.15. The van der Waals surface area contributed by atoms with Gasteiger partial charge in [0, 0.05) is 19.3 Å². The maximum Gasteiger partial charge on any atom is 0.125 e. The average molecular weight is 223 g/mol. The van der Waals surface area contributed by atoms with Crippen molar-refractivity contribution in [3.05, 3.63) is 23.9 Å². The van der Waals surface area contributed by atoms with Gasteiger partial charge in [0.1, 0.15) is 5.82 Å². The lowest BCUT2D eigenvalue weighted by molar-refractivity contribution is 0.0459. The third kappa shape index (κ3) is 4.59. The summed E-state index contributed by atoms with van der Waals surface area (Å²) >= 11 is 0. The number of pyridine rings is 1. The molecule has 0 saturated heterocycles.